The van der Waals surface area contributed by atoms with Crippen LogP contribution in [-0.4, -0.2) is 70.8 Å². The summed E-state index contributed by atoms with van der Waals surface area (Å²) in [6, 6.07) is 21.7. The van der Waals surface area contributed by atoms with E-state index in [1.165, 1.54) is 10.4 Å². The molecule has 2 aromatic carbocycles. The highest BCUT2D eigenvalue weighted by Crippen LogP contribution is 2.55. The summed E-state index contributed by atoms with van der Waals surface area (Å²) in [4.78, 5) is 0. The molecule has 0 spiro atoms. The number of aliphatic hydroxyl groups excluding tert-OH is 2. The molecule has 6 nitrogen and oxygen atoms in total. The Balaban J connectivity index is 1.96. The van der Waals surface area contributed by atoms with E-state index in [2.05, 4.69) is 136 Å². The van der Waals surface area contributed by atoms with E-state index in [4.69, 9.17) is 18.3 Å². The molecular weight excluding hydrogens is 657 g/mol. The molecule has 2 aliphatic rings. The summed E-state index contributed by atoms with van der Waals surface area (Å²) in [6.45, 7) is 31.8. The van der Waals surface area contributed by atoms with Crippen molar-refractivity contribution in [1.82, 2.24) is 0 Å². The van der Waals surface area contributed by atoms with E-state index in [-0.39, 0.29) is 46.6 Å². The lowest BCUT2D eigenvalue weighted by atomic mass is 9.56. The SMILES string of the molecule is CC(O)C(C)(C)[C@H]1COC(C)(C)O[C@@H]1[C@@H]1[C@H](CO[Si](c2ccccc2)(c2ccccc2)C(C)(C)C)[C@@H](O[Si](C)(C)C(C)(C)C)CC[C@@]1(C)CO. The first-order valence-corrected chi connectivity index (χ1v) is 23.8. The third-order valence-corrected chi connectivity index (χ3v) is 22.6. The molecule has 1 aliphatic heterocycles. The number of hydrogen-bond acceptors (Lipinski definition) is 6. The predicted molar refractivity (Wildman–Crippen MR) is 211 cm³/mol. The second-order valence-corrected chi connectivity index (χ2v) is 28.4. The molecule has 2 aromatic rings. The quantitative estimate of drug-likeness (QED) is 0.228. The maximum atomic E-state index is 11.4. The van der Waals surface area contributed by atoms with Crippen molar-refractivity contribution in [2.24, 2.45) is 28.6 Å². The van der Waals surface area contributed by atoms with Gasteiger partial charge in [-0.1, -0.05) is 123 Å². The van der Waals surface area contributed by atoms with Crippen LogP contribution in [0.15, 0.2) is 60.7 Å². The van der Waals surface area contributed by atoms with Crippen molar-refractivity contribution in [2.75, 3.05) is 19.8 Å². The number of ether oxygens (including phenoxy) is 2. The van der Waals surface area contributed by atoms with E-state index >= 15 is 0 Å². The Hall–Kier alpha value is -1.37. The van der Waals surface area contributed by atoms with Crippen LogP contribution in [0.2, 0.25) is 23.2 Å². The van der Waals surface area contributed by atoms with Gasteiger partial charge in [-0.05, 0) is 78.0 Å². The first kappa shape index (κ1) is 41.4. The van der Waals surface area contributed by atoms with Crippen LogP contribution in [0.25, 0.3) is 0 Å². The molecule has 1 aliphatic carbocycles. The van der Waals surface area contributed by atoms with Gasteiger partial charge in [-0.3, -0.25) is 0 Å². The molecule has 4 rings (SSSR count). The van der Waals surface area contributed by atoms with Crippen molar-refractivity contribution in [3.63, 3.8) is 0 Å². The number of rotatable bonds is 11. The molecule has 0 aromatic heterocycles. The lowest BCUT2D eigenvalue weighted by molar-refractivity contribution is -0.334. The molecule has 0 bridgehead atoms. The van der Waals surface area contributed by atoms with Crippen LogP contribution in [0, 0.1) is 28.6 Å². The Bertz CT molecular complexity index is 1340. The van der Waals surface area contributed by atoms with E-state index in [1.54, 1.807) is 0 Å². The maximum Gasteiger partial charge on any atom is 0.261 e. The molecule has 50 heavy (non-hydrogen) atoms. The Morgan fingerprint density at radius 2 is 1.38 bits per heavy atom. The minimum absolute atomic E-state index is 0.0254. The van der Waals surface area contributed by atoms with E-state index in [0.29, 0.717) is 13.2 Å². The second-order valence-electron chi connectivity index (χ2n) is 19.3. The zero-order chi connectivity index (χ0) is 37.6. The molecule has 0 amide bonds. The topological polar surface area (TPSA) is 77.4 Å². The standard InChI is InChI=1S/C42H70O6Si2/c1-30(44)40(8,9)34-28-45-41(10,11)47-37(34)36-33(35(25-26-42(36,12)29-43)48-49(13,14)38(2,3)4)27-46-50(39(5,6)7,31-21-17-15-18-22-31)32-23-19-16-20-24-32/h15-24,30,33-37,43-44H,25-29H2,1-14H3/t30?,33-,34+,35+,36+,37+,42+/m1/s1. The summed E-state index contributed by atoms with van der Waals surface area (Å²) in [6.07, 6.45) is 0.680. The summed E-state index contributed by atoms with van der Waals surface area (Å²) in [7, 11) is -5.13. The van der Waals surface area contributed by atoms with Gasteiger partial charge in [-0.25, -0.2) is 0 Å². The van der Waals surface area contributed by atoms with Gasteiger partial charge in [-0.15, -0.1) is 0 Å². The van der Waals surface area contributed by atoms with Crippen molar-refractivity contribution in [3.05, 3.63) is 60.7 Å². The van der Waals surface area contributed by atoms with Gasteiger partial charge >= 0.3 is 0 Å². The molecule has 282 valence electrons. The summed E-state index contributed by atoms with van der Waals surface area (Å²) >= 11 is 0. The van der Waals surface area contributed by atoms with E-state index in [1.807, 2.05) is 20.8 Å². The van der Waals surface area contributed by atoms with Gasteiger partial charge in [0, 0.05) is 31.0 Å². The average Bonchev–Trinajstić information content (AvgIpc) is 3.01. The van der Waals surface area contributed by atoms with Gasteiger partial charge in [0.2, 0.25) is 0 Å². The van der Waals surface area contributed by atoms with Crippen molar-refractivity contribution < 1.29 is 28.5 Å². The highest BCUT2D eigenvalue weighted by molar-refractivity contribution is 6.99. The first-order chi connectivity index (χ1) is 22.9. The summed E-state index contributed by atoms with van der Waals surface area (Å²) in [5.74, 6) is -1.14. The minimum Gasteiger partial charge on any atom is -0.414 e. The first-order valence-electron chi connectivity index (χ1n) is 19.0. The second kappa shape index (κ2) is 14.8. The van der Waals surface area contributed by atoms with Gasteiger partial charge in [0.05, 0.1) is 24.9 Å². The third-order valence-electron chi connectivity index (χ3n) is 13.1. The van der Waals surface area contributed by atoms with Crippen molar-refractivity contribution >= 4 is 27.0 Å². The largest absolute Gasteiger partial charge is 0.414 e. The smallest absolute Gasteiger partial charge is 0.261 e. The normalized spacial score (nSPS) is 29.1. The van der Waals surface area contributed by atoms with Gasteiger partial charge in [0.25, 0.3) is 8.32 Å². The van der Waals surface area contributed by atoms with Crippen molar-refractivity contribution in [1.29, 1.82) is 0 Å². The van der Waals surface area contributed by atoms with Gasteiger partial charge in [-0.2, -0.15) is 0 Å². The Kier molecular flexibility index (Phi) is 12.3. The predicted octanol–water partition coefficient (Wildman–Crippen LogP) is 8.15. The molecular formula is C42H70O6Si2. The van der Waals surface area contributed by atoms with Gasteiger partial charge in [0.15, 0.2) is 14.1 Å². The Morgan fingerprint density at radius 3 is 1.82 bits per heavy atom. The average molecular weight is 727 g/mol. The van der Waals surface area contributed by atoms with Crippen LogP contribution in [0.5, 0.6) is 0 Å². The summed E-state index contributed by atoms with van der Waals surface area (Å²) in [5.41, 5.74) is -0.966. The van der Waals surface area contributed by atoms with Crippen LogP contribution in [0.1, 0.15) is 95.9 Å². The maximum absolute atomic E-state index is 11.4. The minimum atomic E-state index is -2.91. The van der Waals surface area contributed by atoms with Crippen LogP contribution >= 0.6 is 0 Å². The molecule has 2 fully saturated rings. The monoisotopic (exact) mass is 726 g/mol. The highest BCUT2D eigenvalue weighted by Gasteiger charge is 2.60. The van der Waals surface area contributed by atoms with Crippen molar-refractivity contribution in [3.8, 4) is 0 Å². The van der Waals surface area contributed by atoms with E-state index in [0.717, 1.165) is 12.8 Å². The Labute approximate surface area is 306 Å². The number of benzene rings is 2. The van der Waals surface area contributed by atoms with Crippen LogP contribution < -0.4 is 10.4 Å². The van der Waals surface area contributed by atoms with Crippen molar-refractivity contribution in [2.45, 2.75) is 143 Å². The lowest BCUT2D eigenvalue weighted by Crippen LogP contribution is -2.68. The molecule has 7 atom stereocenters. The number of hydrogen-bond donors (Lipinski definition) is 2. The molecule has 1 unspecified atom stereocenters. The van der Waals surface area contributed by atoms with Crippen LogP contribution in [0.4, 0.5) is 0 Å². The van der Waals surface area contributed by atoms with Gasteiger partial charge < -0.3 is 28.5 Å². The molecule has 0 radical (unpaired) electrons. The molecule has 1 saturated heterocycles. The highest BCUT2D eigenvalue weighted by atomic mass is 28.4. The third kappa shape index (κ3) is 8.08. The number of aliphatic hydroxyl groups is 2. The summed E-state index contributed by atoms with van der Waals surface area (Å²) < 4.78 is 28.7. The van der Waals surface area contributed by atoms with E-state index < -0.39 is 39.4 Å². The van der Waals surface area contributed by atoms with E-state index in [9.17, 15) is 10.2 Å². The molecule has 1 heterocycles. The summed E-state index contributed by atoms with van der Waals surface area (Å²) in [5, 5.41) is 24.9. The zero-order valence-electron chi connectivity index (χ0n) is 33.8. The lowest BCUT2D eigenvalue weighted by Gasteiger charge is -2.59. The zero-order valence-corrected chi connectivity index (χ0v) is 35.8. The van der Waals surface area contributed by atoms with Crippen LogP contribution in [0.3, 0.4) is 0 Å². The fraction of sp³-hybridized carbons (Fsp3) is 0.714. The fourth-order valence-electron chi connectivity index (χ4n) is 8.42. The molecule has 1 saturated carbocycles. The molecule has 2 N–H and O–H groups in total. The molecule has 8 heteroatoms. The Morgan fingerprint density at radius 1 is 0.860 bits per heavy atom. The van der Waals surface area contributed by atoms with Gasteiger partial charge in [0.1, 0.15) is 0 Å². The van der Waals surface area contributed by atoms with Crippen LogP contribution in [-0.2, 0) is 18.3 Å². The fourth-order valence-corrected chi connectivity index (χ4v) is 14.4.